The standard InChI is InChI=1S/C21H28O7.C4H4O.C2H6/c1-11-13-6-5-12-10-26-18(24)9-21(11,12)27-15(8-16(22)25-4)19(13)14-7-17(23)28-20(14,2)3;1-2-4-5-3-1;1-2/h12-15,19H,1,5-10H2,2-4H3;1-4H;1-2H3/t12?,13?,14?,15-,19?,21-;;/m0../s1. The first-order valence-corrected chi connectivity index (χ1v) is 12.5. The molecule has 0 aromatic carbocycles. The van der Waals surface area contributed by atoms with Crippen molar-refractivity contribution < 1.29 is 37.7 Å². The Balaban J connectivity index is 0.000000428. The summed E-state index contributed by atoms with van der Waals surface area (Å²) in [5, 5.41) is 0. The van der Waals surface area contributed by atoms with E-state index in [9.17, 15) is 14.4 Å². The molecule has 1 spiro atoms. The van der Waals surface area contributed by atoms with Crippen molar-refractivity contribution in [3.63, 3.8) is 0 Å². The molecule has 0 N–H and O–H groups in total. The van der Waals surface area contributed by atoms with Crippen LogP contribution < -0.4 is 0 Å². The van der Waals surface area contributed by atoms with E-state index >= 15 is 0 Å². The van der Waals surface area contributed by atoms with E-state index in [4.69, 9.17) is 18.9 Å². The largest absolute Gasteiger partial charge is 0.473 e. The van der Waals surface area contributed by atoms with Gasteiger partial charge in [0.25, 0.3) is 0 Å². The van der Waals surface area contributed by atoms with Gasteiger partial charge in [-0.25, -0.2) is 0 Å². The summed E-state index contributed by atoms with van der Waals surface area (Å²) in [6.07, 6.45) is 5.02. The van der Waals surface area contributed by atoms with Crippen LogP contribution in [0.1, 0.15) is 59.8 Å². The van der Waals surface area contributed by atoms with Gasteiger partial charge in [0.15, 0.2) is 0 Å². The van der Waals surface area contributed by atoms with Crippen LogP contribution in [0.3, 0.4) is 0 Å². The SMILES string of the molecule is C=C1C2CCC3COC(=O)C[C@]13O[C@@H](CC(=O)OC)C2C1CC(=O)OC1(C)C.CC.c1ccoc1. The molecule has 5 rings (SSSR count). The Hall–Kier alpha value is -2.61. The number of carbonyl (C=O) groups excluding carboxylic acids is 3. The lowest BCUT2D eigenvalue weighted by Crippen LogP contribution is -2.63. The minimum Gasteiger partial charge on any atom is -0.473 e. The second kappa shape index (κ2) is 11.0. The Bertz CT molecular complexity index is 887. The monoisotopic (exact) mass is 490 g/mol. The summed E-state index contributed by atoms with van der Waals surface area (Å²) in [7, 11) is 1.35. The molecule has 8 heteroatoms. The van der Waals surface area contributed by atoms with Crippen molar-refractivity contribution in [3.8, 4) is 0 Å². The summed E-state index contributed by atoms with van der Waals surface area (Å²) < 4.78 is 26.9. The van der Waals surface area contributed by atoms with E-state index in [0.717, 1.165) is 18.4 Å². The number of rotatable bonds is 3. The molecule has 0 amide bonds. The third-order valence-corrected chi connectivity index (χ3v) is 7.73. The van der Waals surface area contributed by atoms with Crippen LogP contribution in [-0.4, -0.2) is 48.9 Å². The summed E-state index contributed by atoms with van der Waals surface area (Å²) in [6.45, 7) is 12.5. The molecule has 4 heterocycles. The van der Waals surface area contributed by atoms with E-state index in [-0.39, 0.29) is 54.4 Å². The van der Waals surface area contributed by atoms with E-state index in [1.54, 1.807) is 12.5 Å². The Labute approximate surface area is 207 Å². The number of ether oxygens (including phenoxy) is 4. The highest BCUT2D eigenvalue weighted by molar-refractivity contribution is 5.74. The minimum atomic E-state index is -0.791. The van der Waals surface area contributed by atoms with E-state index < -0.39 is 17.3 Å². The summed E-state index contributed by atoms with van der Waals surface area (Å²) >= 11 is 0. The number of methoxy groups -OCH3 is 1. The molecule has 4 unspecified atom stereocenters. The number of cyclic esters (lactones) is 2. The zero-order valence-corrected chi connectivity index (χ0v) is 21.4. The zero-order chi connectivity index (χ0) is 25.8. The summed E-state index contributed by atoms with van der Waals surface area (Å²) in [5.74, 6) is -0.983. The van der Waals surface area contributed by atoms with Crippen LogP contribution in [0.15, 0.2) is 41.2 Å². The molecule has 6 atom stereocenters. The molecule has 1 aliphatic carbocycles. The quantitative estimate of drug-likeness (QED) is 0.347. The Morgan fingerprint density at radius 3 is 2.37 bits per heavy atom. The van der Waals surface area contributed by atoms with Gasteiger partial charge in [-0.1, -0.05) is 20.4 Å². The van der Waals surface area contributed by atoms with Gasteiger partial charge in [0.1, 0.15) is 11.2 Å². The number of carbonyl (C=O) groups is 3. The molecule has 194 valence electrons. The van der Waals surface area contributed by atoms with E-state index in [2.05, 4.69) is 11.0 Å². The average molecular weight is 491 g/mol. The van der Waals surface area contributed by atoms with Crippen LogP contribution in [-0.2, 0) is 33.3 Å². The number of esters is 3. The van der Waals surface area contributed by atoms with Crippen molar-refractivity contribution in [2.75, 3.05) is 13.7 Å². The smallest absolute Gasteiger partial charge is 0.309 e. The Morgan fingerprint density at radius 2 is 1.83 bits per heavy atom. The van der Waals surface area contributed by atoms with Crippen LogP contribution in [0.25, 0.3) is 0 Å². The number of furan rings is 1. The molecule has 4 aliphatic rings. The molecule has 1 aromatic rings. The second-order valence-corrected chi connectivity index (χ2v) is 9.85. The van der Waals surface area contributed by atoms with Crippen molar-refractivity contribution >= 4 is 17.9 Å². The molecule has 2 bridgehead atoms. The lowest BCUT2D eigenvalue weighted by Gasteiger charge is -2.59. The van der Waals surface area contributed by atoms with Crippen LogP contribution in [0.4, 0.5) is 0 Å². The van der Waals surface area contributed by atoms with Crippen molar-refractivity contribution in [3.05, 3.63) is 36.8 Å². The molecule has 35 heavy (non-hydrogen) atoms. The lowest BCUT2D eigenvalue weighted by atomic mass is 9.55. The highest BCUT2D eigenvalue weighted by Gasteiger charge is 2.63. The van der Waals surface area contributed by atoms with Gasteiger partial charge < -0.3 is 23.4 Å². The minimum absolute atomic E-state index is 0.0458. The first-order chi connectivity index (χ1) is 16.7. The molecule has 1 aromatic heterocycles. The van der Waals surface area contributed by atoms with Gasteiger partial charge >= 0.3 is 17.9 Å². The van der Waals surface area contributed by atoms with Crippen molar-refractivity contribution in [1.29, 1.82) is 0 Å². The number of hydrogen-bond acceptors (Lipinski definition) is 8. The van der Waals surface area contributed by atoms with Crippen molar-refractivity contribution in [2.45, 2.75) is 77.1 Å². The summed E-state index contributed by atoms with van der Waals surface area (Å²) in [4.78, 5) is 36.4. The predicted octanol–water partition coefficient (Wildman–Crippen LogP) is 4.48. The lowest BCUT2D eigenvalue weighted by molar-refractivity contribution is -0.229. The first kappa shape index (κ1) is 27.0. The van der Waals surface area contributed by atoms with Gasteiger partial charge in [0.2, 0.25) is 0 Å². The van der Waals surface area contributed by atoms with Crippen LogP contribution in [0, 0.1) is 23.7 Å². The van der Waals surface area contributed by atoms with Gasteiger partial charge in [-0.15, -0.1) is 0 Å². The fraction of sp³-hybridized carbons (Fsp3) is 0.667. The second-order valence-electron chi connectivity index (χ2n) is 9.85. The molecule has 3 aliphatic heterocycles. The molecule has 0 radical (unpaired) electrons. The maximum absolute atomic E-state index is 12.2. The third-order valence-electron chi connectivity index (χ3n) is 7.73. The van der Waals surface area contributed by atoms with Gasteiger partial charge in [0, 0.05) is 11.8 Å². The topological polar surface area (TPSA) is 101 Å². The van der Waals surface area contributed by atoms with Gasteiger partial charge in [-0.2, -0.15) is 0 Å². The van der Waals surface area contributed by atoms with Gasteiger partial charge in [-0.05, 0) is 56.2 Å². The van der Waals surface area contributed by atoms with Gasteiger partial charge in [-0.3, -0.25) is 14.4 Å². The normalized spacial score (nSPS) is 34.7. The Morgan fingerprint density at radius 1 is 1.14 bits per heavy atom. The Kier molecular flexibility index (Phi) is 8.46. The van der Waals surface area contributed by atoms with Crippen molar-refractivity contribution in [2.24, 2.45) is 23.7 Å². The van der Waals surface area contributed by atoms with Crippen molar-refractivity contribution in [1.82, 2.24) is 0 Å². The molecular formula is C27H38O8. The van der Waals surface area contributed by atoms with Crippen LogP contribution in [0.2, 0.25) is 0 Å². The highest BCUT2D eigenvalue weighted by atomic mass is 16.6. The maximum atomic E-state index is 12.2. The third kappa shape index (κ3) is 5.32. The zero-order valence-electron chi connectivity index (χ0n) is 21.4. The van der Waals surface area contributed by atoms with E-state index in [0.29, 0.717) is 13.0 Å². The summed E-state index contributed by atoms with van der Waals surface area (Å²) in [5.41, 5.74) is -0.533. The maximum Gasteiger partial charge on any atom is 0.309 e. The molecular weight excluding hydrogens is 452 g/mol. The molecule has 3 saturated heterocycles. The summed E-state index contributed by atoms with van der Waals surface area (Å²) in [6, 6.07) is 3.67. The molecule has 1 saturated carbocycles. The highest BCUT2D eigenvalue weighted by Crippen LogP contribution is 2.59. The predicted molar refractivity (Wildman–Crippen MR) is 127 cm³/mol. The van der Waals surface area contributed by atoms with E-state index in [1.807, 2.05) is 39.8 Å². The molecule has 8 nitrogen and oxygen atoms in total. The average Bonchev–Trinajstić information content (AvgIpc) is 3.48. The fourth-order valence-electron chi connectivity index (χ4n) is 6.17. The first-order valence-electron chi connectivity index (χ1n) is 12.5. The van der Waals surface area contributed by atoms with E-state index in [1.165, 1.54) is 7.11 Å². The molecule has 4 fully saturated rings. The van der Waals surface area contributed by atoms with Crippen LogP contribution in [0.5, 0.6) is 0 Å². The van der Waals surface area contributed by atoms with Crippen LogP contribution >= 0.6 is 0 Å². The number of hydrogen-bond donors (Lipinski definition) is 0. The van der Waals surface area contributed by atoms with Gasteiger partial charge in [0.05, 0.1) is 51.6 Å². The number of fused-ring (bicyclic) bond motifs is 1. The fourth-order valence-corrected chi connectivity index (χ4v) is 6.17.